The number of likely N-dealkylation sites (tertiary alicyclic amines) is 1. The van der Waals surface area contributed by atoms with Gasteiger partial charge in [0, 0.05) is 0 Å². The standard InChI is InChI=1S/C17H34N2.C2H6/c1-16(2,3)6-4-5-13-19-14-9-17(10-15-19)7-11-18-12-8-17;1-2/h18H,4-15H2,1-3H3;1-2H3. The summed E-state index contributed by atoms with van der Waals surface area (Å²) in [6.45, 7) is 17.6. The number of nitrogens with one attached hydrogen (secondary N) is 1. The fourth-order valence-corrected chi connectivity index (χ4v) is 3.70. The van der Waals surface area contributed by atoms with Crippen molar-refractivity contribution in [2.75, 3.05) is 32.7 Å². The summed E-state index contributed by atoms with van der Waals surface area (Å²) in [5.41, 5.74) is 1.23. The van der Waals surface area contributed by atoms with Crippen molar-refractivity contribution in [1.29, 1.82) is 0 Å². The fourth-order valence-electron chi connectivity index (χ4n) is 3.70. The summed E-state index contributed by atoms with van der Waals surface area (Å²) in [5.74, 6) is 0. The van der Waals surface area contributed by atoms with Gasteiger partial charge in [0.1, 0.15) is 0 Å². The van der Waals surface area contributed by atoms with Crippen molar-refractivity contribution in [2.45, 2.75) is 79.6 Å². The van der Waals surface area contributed by atoms with E-state index in [0.29, 0.717) is 10.8 Å². The molecule has 0 atom stereocenters. The van der Waals surface area contributed by atoms with Crippen molar-refractivity contribution in [1.82, 2.24) is 10.2 Å². The number of hydrogen-bond acceptors (Lipinski definition) is 2. The molecule has 0 aromatic heterocycles. The molecule has 0 bridgehead atoms. The Labute approximate surface area is 134 Å². The van der Waals surface area contributed by atoms with Crippen LogP contribution in [0.5, 0.6) is 0 Å². The van der Waals surface area contributed by atoms with Gasteiger partial charge in [-0.05, 0) is 82.1 Å². The Morgan fingerprint density at radius 2 is 1.48 bits per heavy atom. The molecule has 2 nitrogen and oxygen atoms in total. The van der Waals surface area contributed by atoms with Crippen LogP contribution in [0.1, 0.15) is 79.6 Å². The van der Waals surface area contributed by atoms with Crippen LogP contribution in [0.25, 0.3) is 0 Å². The van der Waals surface area contributed by atoms with Gasteiger partial charge in [-0.3, -0.25) is 0 Å². The maximum absolute atomic E-state index is 3.51. The molecule has 2 fully saturated rings. The van der Waals surface area contributed by atoms with Gasteiger partial charge in [0.25, 0.3) is 0 Å². The normalized spacial score (nSPS) is 22.7. The van der Waals surface area contributed by atoms with Crippen molar-refractivity contribution in [2.24, 2.45) is 10.8 Å². The summed E-state index contributed by atoms with van der Waals surface area (Å²) in [7, 11) is 0. The lowest BCUT2D eigenvalue weighted by Gasteiger charge is -2.44. The van der Waals surface area contributed by atoms with E-state index in [-0.39, 0.29) is 0 Å². The second-order valence-electron chi connectivity index (χ2n) is 8.11. The van der Waals surface area contributed by atoms with E-state index in [0.717, 1.165) is 0 Å². The molecule has 126 valence electrons. The minimum Gasteiger partial charge on any atom is -0.317 e. The molecule has 0 unspecified atom stereocenters. The fraction of sp³-hybridized carbons (Fsp3) is 1.00. The van der Waals surface area contributed by atoms with Crippen molar-refractivity contribution >= 4 is 0 Å². The van der Waals surface area contributed by atoms with Gasteiger partial charge in [-0.1, -0.05) is 41.0 Å². The Morgan fingerprint density at radius 1 is 0.905 bits per heavy atom. The lowest BCUT2D eigenvalue weighted by atomic mass is 9.71. The molecule has 2 rings (SSSR count). The van der Waals surface area contributed by atoms with E-state index in [1.807, 2.05) is 13.8 Å². The first kappa shape index (κ1) is 19.0. The van der Waals surface area contributed by atoms with Gasteiger partial charge in [0.05, 0.1) is 0 Å². The topological polar surface area (TPSA) is 15.3 Å². The summed E-state index contributed by atoms with van der Waals surface area (Å²) in [6.07, 6.45) is 9.91. The molecule has 21 heavy (non-hydrogen) atoms. The largest absolute Gasteiger partial charge is 0.317 e. The zero-order valence-corrected chi connectivity index (χ0v) is 15.4. The Morgan fingerprint density at radius 3 is 2.00 bits per heavy atom. The summed E-state index contributed by atoms with van der Waals surface area (Å²) >= 11 is 0. The molecule has 2 aliphatic heterocycles. The van der Waals surface area contributed by atoms with E-state index in [9.17, 15) is 0 Å². The highest BCUT2D eigenvalue weighted by Gasteiger charge is 2.35. The minimum atomic E-state index is 0.515. The molecule has 0 amide bonds. The van der Waals surface area contributed by atoms with Crippen LogP contribution in [0.3, 0.4) is 0 Å². The van der Waals surface area contributed by atoms with Crippen LogP contribution in [-0.2, 0) is 0 Å². The number of piperidine rings is 2. The Hall–Kier alpha value is -0.0800. The van der Waals surface area contributed by atoms with E-state index < -0.39 is 0 Å². The predicted molar refractivity (Wildman–Crippen MR) is 94.9 cm³/mol. The van der Waals surface area contributed by atoms with E-state index in [2.05, 4.69) is 31.0 Å². The molecule has 0 aromatic rings. The van der Waals surface area contributed by atoms with Crippen molar-refractivity contribution in [3.8, 4) is 0 Å². The Balaban J connectivity index is 0.00000106. The molecule has 2 heterocycles. The van der Waals surface area contributed by atoms with E-state index >= 15 is 0 Å². The molecule has 2 heteroatoms. The third kappa shape index (κ3) is 7.15. The molecule has 2 saturated heterocycles. The molecule has 0 saturated carbocycles. The quantitative estimate of drug-likeness (QED) is 0.757. The summed E-state index contributed by atoms with van der Waals surface area (Å²) in [4.78, 5) is 2.72. The van der Waals surface area contributed by atoms with Gasteiger partial charge < -0.3 is 10.2 Å². The highest BCUT2D eigenvalue weighted by molar-refractivity contribution is 4.89. The van der Waals surface area contributed by atoms with Crippen molar-refractivity contribution in [3.63, 3.8) is 0 Å². The zero-order chi connectivity index (χ0) is 15.8. The summed E-state index contributed by atoms with van der Waals surface area (Å²) in [5, 5.41) is 3.51. The third-order valence-corrected chi connectivity index (χ3v) is 5.23. The average molecular weight is 297 g/mol. The monoisotopic (exact) mass is 296 g/mol. The van der Waals surface area contributed by atoms with Gasteiger partial charge in [0.15, 0.2) is 0 Å². The molecule has 2 aliphatic rings. The van der Waals surface area contributed by atoms with Crippen LogP contribution in [0.4, 0.5) is 0 Å². The van der Waals surface area contributed by atoms with Crippen LogP contribution in [0.15, 0.2) is 0 Å². The maximum Gasteiger partial charge on any atom is -0.00134 e. The molecular weight excluding hydrogens is 256 g/mol. The van der Waals surface area contributed by atoms with Gasteiger partial charge in [-0.15, -0.1) is 0 Å². The minimum absolute atomic E-state index is 0.515. The van der Waals surface area contributed by atoms with Crippen LogP contribution in [0.2, 0.25) is 0 Å². The first-order valence-corrected chi connectivity index (χ1v) is 9.42. The third-order valence-electron chi connectivity index (χ3n) is 5.23. The summed E-state index contributed by atoms with van der Waals surface area (Å²) < 4.78 is 0. The van der Waals surface area contributed by atoms with E-state index in [1.54, 1.807) is 0 Å². The Bertz CT molecular complexity index is 251. The molecule has 0 aromatic carbocycles. The van der Waals surface area contributed by atoms with E-state index in [4.69, 9.17) is 0 Å². The van der Waals surface area contributed by atoms with Crippen LogP contribution in [-0.4, -0.2) is 37.6 Å². The molecule has 1 spiro atoms. The first-order chi connectivity index (χ1) is 9.99. The lowest BCUT2D eigenvalue weighted by molar-refractivity contribution is 0.0727. The van der Waals surface area contributed by atoms with Crippen LogP contribution >= 0.6 is 0 Å². The lowest BCUT2D eigenvalue weighted by Crippen LogP contribution is -2.45. The van der Waals surface area contributed by atoms with Crippen molar-refractivity contribution < 1.29 is 0 Å². The Kier molecular flexibility index (Phi) is 8.26. The van der Waals surface area contributed by atoms with E-state index in [1.165, 1.54) is 77.7 Å². The second kappa shape index (κ2) is 9.15. The van der Waals surface area contributed by atoms with Gasteiger partial charge in [-0.25, -0.2) is 0 Å². The molecule has 0 aliphatic carbocycles. The second-order valence-corrected chi connectivity index (χ2v) is 8.11. The highest BCUT2D eigenvalue weighted by atomic mass is 15.1. The SMILES string of the molecule is CC.CC(C)(C)CCCCN1CCC2(CCNCC2)CC1. The predicted octanol–water partition coefficient (Wildman–Crippen LogP) is 4.69. The van der Waals surface area contributed by atoms with Gasteiger partial charge in [-0.2, -0.15) is 0 Å². The smallest absolute Gasteiger partial charge is 0.00134 e. The highest BCUT2D eigenvalue weighted by Crippen LogP contribution is 2.39. The average Bonchev–Trinajstić information content (AvgIpc) is 2.48. The van der Waals surface area contributed by atoms with Crippen LogP contribution in [0, 0.1) is 10.8 Å². The number of rotatable bonds is 4. The summed E-state index contributed by atoms with van der Waals surface area (Å²) in [6, 6.07) is 0. The number of hydrogen-bond donors (Lipinski definition) is 1. The molecule has 1 N–H and O–H groups in total. The zero-order valence-electron chi connectivity index (χ0n) is 15.4. The maximum atomic E-state index is 3.51. The van der Waals surface area contributed by atoms with Crippen molar-refractivity contribution in [3.05, 3.63) is 0 Å². The number of unbranched alkanes of at least 4 members (excludes halogenated alkanes) is 1. The van der Waals surface area contributed by atoms with Gasteiger partial charge in [0.2, 0.25) is 0 Å². The van der Waals surface area contributed by atoms with Crippen LogP contribution < -0.4 is 5.32 Å². The number of nitrogens with zero attached hydrogens (tertiary/aromatic N) is 1. The first-order valence-electron chi connectivity index (χ1n) is 9.42. The molecule has 0 radical (unpaired) electrons. The molecular formula is C19H40N2. The van der Waals surface area contributed by atoms with Gasteiger partial charge >= 0.3 is 0 Å².